The molecular formula is C8H8MnO2+2. The van der Waals surface area contributed by atoms with Gasteiger partial charge in [0.2, 0.25) is 0 Å². The van der Waals surface area contributed by atoms with Gasteiger partial charge in [-0.15, -0.1) is 0 Å². The maximum absolute atomic E-state index is 10.4. The third kappa shape index (κ3) is 3.81. The quantitative estimate of drug-likeness (QED) is 0.383. The van der Waals surface area contributed by atoms with Gasteiger partial charge in [0.25, 0.3) is 0 Å². The molecule has 0 aliphatic heterocycles. The Balaban J connectivity index is 0.000001000. The van der Waals surface area contributed by atoms with E-state index in [1.54, 1.807) is 12.1 Å². The minimum Gasteiger partial charge on any atom is -0.427 e. The maximum atomic E-state index is 10.4. The van der Waals surface area contributed by atoms with Crippen LogP contribution in [0.25, 0.3) is 0 Å². The summed E-state index contributed by atoms with van der Waals surface area (Å²) in [5.41, 5.74) is 0. The van der Waals surface area contributed by atoms with E-state index in [-0.39, 0.29) is 23.0 Å². The molecule has 0 aromatic heterocycles. The van der Waals surface area contributed by atoms with Gasteiger partial charge < -0.3 is 4.74 Å². The molecule has 0 spiro atoms. The number of rotatable bonds is 1. The van der Waals surface area contributed by atoms with Crippen LogP contribution in [0.2, 0.25) is 0 Å². The smallest absolute Gasteiger partial charge is 0.427 e. The third-order valence-corrected chi connectivity index (χ3v) is 1.00. The summed E-state index contributed by atoms with van der Waals surface area (Å²) < 4.78 is 4.78. The van der Waals surface area contributed by atoms with Crippen molar-refractivity contribution in [2.24, 2.45) is 0 Å². The Morgan fingerprint density at radius 2 is 1.82 bits per heavy atom. The number of hydrogen-bond donors (Lipinski definition) is 0. The van der Waals surface area contributed by atoms with E-state index in [0.717, 1.165) is 0 Å². The molecule has 0 aliphatic rings. The summed E-state index contributed by atoms with van der Waals surface area (Å²) in [6, 6.07) is 8.98. The van der Waals surface area contributed by atoms with E-state index in [0.29, 0.717) is 5.75 Å². The van der Waals surface area contributed by atoms with Gasteiger partial charge in [-0.25, -0.2) is 0 Å². The Kier molecular flexibility index (Phi) is 4.58. The fourth-order valence-electron chi connectivity index (χ4n) is 0.655. The Hall–Kier alpha value is -0.791. The van der Waals surface area contributed by atoms with Crippen molar-refractivity contribution in [1.82, 2.24) is 0 Å². The van der Waals surface area contributed by atoms with E-state index >= 15 is 0 Å². The van der Waals surface area contributed by atoms with Crippen LogP contribution in [-0.2, 0) is 21.9 Å². The first-order valence-electron chi connectivity index (χ1n) is 3.02. The van der Waals surface area contributed by atoms with Crippen LogP contribution in [0.4, 0.5) is 0 Å². The second-order valence-electron chi connectivity index (χ2n) is 1.91. The van der Waals surface area contributed by atoms with Crippen LogP contribution in [0.1, 0.15) is 6.92 Å². The van der Waals surface area contributed by atoms with Gasteiger partial charge in [-0.2, -0.15) is 0 Å². The minimum atomic E-state index is -0.286. The second-order valence-corrected chi connectivity index (χ2v) is 1.91. The average Bonchev–Trinajstić information content (AvgIpc) is 1.88. The Morgan fingerprint density at radius 1 is 1.27 bits per heavy atom. The molecule has 1 aromatic rings. The summed E-state index contributed by atoms with van der Waals surface area (Å²) in [5.74, 6) is 0.307. The van der Waals surface area contributed by atoms with Crippen LogP contribution in [0.3, 0.4) is 0 Å². The fourth-order valence-corrected chi connectivity index (χ4v) is 0.655. The van der Waals surface area contributed by atoms with Crippen molar-refractivity contribution in [3.63, 3.8) is 0 Å². The molecule has 0 atom stereocenters. The van der Waals surface area contributed by atoms with E-state index in [1.807, 2.05) is 18.2 Å². The van der Waals surface area contributed by atoms with E-state index in [9.17, 15) is 4.79 Å². The number of ether oxygens (including phenoxy) is 1. The molecule has 0 saturated carbocycles. The molecule has 0 saturated heterocycles. The average molecular weight is 191 g/mol. The second kappa shape index (κ2) is 4.94. The van der Waals surface area contributed by atoms with Crippen molar-refractivity contribution in [2.75, 3.05) is 0 Å². The van der Waals surface area contributed by atoms with E-state index in [4.69, 9.17) is 4.74 Å². The molecule has 0 bridgehead atoms. The zero-order valence-electron chi connectivity index (χ0n) is 6.08. The summed E-state index contributed by atoms with van der Waals surface area (Å²) in [7, 11) is 0. The molecule has 57 valence electrons. The number of carbonyl (C=O) groups is 1. The molecule has 0 N–H and O–H groups in total. The minimum absolute atomic E-state index is 0. The van der Waals surface area contributed by atoms with Crippen LogP contribution >= 0.6 is 0 Å². The zero-order chi connectivity index (χ0) is 7.40. The number of hydrogen-bond acceptors (Lipinski definition) is 2. The van der Waals surface area contributed by atoms with Gasteiger partial charge in [0.1, 0.15) is 5.75 Å². The van der Waals surface area contributed by atoms with Crippen molar-refractivity contribution < 1.29 is 26.6 Å². The first-order valence-corrected chi connectivity index (χ1v) is 3.02. The van der Waals surface area contributed by atoms with Gasteiger partial charge in [-0.05, 0) is 12.1 Å². The molecule has 0 heterocycles. The molecule has 0 amide bonds. The first-order chi connectivity index (χ1) is 4.79. The molecule has 11 heavy (non-hydrogen) atoms. The van der Waals surface area contributed by atoms with Crippen LogP contribution in [0.15, 0.2) is 30.3 Å². The number of carbonyl (C=O) groups excluding carboxylic acids is 1. The first kappa shape index (κ1) is 10.2. The molecule has 1 rings (SSSR count). The van der Waals surface area contributed by atoms with Crippen LogP contribution in [0, 0.1) is 0 Å². The molecule has 3 heteroatoms. The summed E-state index contributed by atoms with van der Waals surface area (Å²) in [4.78, 5) is 10.4. The van der Waals surface area contributed by atoms with E-state index in [1.165, 1.54) is 6.92 Å². The van der Waals surface area contributed by atoms with Gasteiger partial charge in [-0.1, -0.05) is 18.2 Å². The molecule has 1 radical (unpaired) electrons. The van der Waals surface area contributed by atoms with E-state index < -0.39 is 0 Å². The van der Waals surface area contributed by atoms with Crippen molar-refractivity contribution in [3.8, 4) is 5.75 Å². The number of esters is 1. The number of benzene rings is 1. The molecule has 0 fully saturated rings. The SMILES string of the molecule is CC(=O)Oc1ccccc1.[Mn+2]. The Morgan fingerprint density at radius 3 is 2.27 bits per heavy atom. The van der Waals surface area contributed by atoms with Crippen LogP contribution in [-0.4, -0.2) is 5.97 Å². The third-order valence-electron chi connectivity index (χ3n) is 1.00. The van der Waals surface area contributed by atoms with Crippen molar-refractivity contribution in [1.29, 1.82) is 0 Å². The van der Waals surface area contributed by atoms with Gasteiger partial charge in [0.05, 0.1) is 0 Å². The standard InChI is InChI=1S/C8H8O2.Mn/c1-7(9)10-8-5-3-2-4-6-8;/h2-6H,1H3;/q;+2. The van der Waals surface area contributed by atoms with Gasteiger partial charge in [0, 0.05) is 6.92 Å². The fraction of sp³-hybridized carbons (Fsp3) is 0.125. The predicted molar refractivity (Wildman–Crippen MR) is 37.8 cm³/mol. The normalized spacial score (nSPS) is 8.09. The monoisotopic (exact) mass is 191 g/mol. The van der Waals surface area contributed by atoms with Gasteiger partial charge in [0.15, 0.2) is 0 Å². The summed E-state index contributed by atoms with van der Waals surface area (Å²) >= 11 is 0. The largest absolute Gasteiger partial charge is 2.00 e. The molecule has 1 aromatic carbocycles. The summed E-state index contributed by atoms with van der Waals surface area (Å²) in [5, 5.41) is 0. The number of para-hydroxylation sites is 1. The summed E-state index contributed by atoms with van der Waals surface area (Å²) in [6.07, 6.45) is 0. The molecule has 2 nitrogen and oxygen atoms in total. The predicted octanol–water partition coefficient (Wildman–Crippen LogP) is 1.61. The summed E-state index contributed by atoms with van der Waals surface area (Å²) in [6.45, 7) is 1.38. The van der Waals surface area contributed by atoms with Gasteiger partial charge in [-0.3, -0.25) is 4.79 Å². The molecule has 0 aliphatic carbocycles. The van der Waals surface area contributed by atoms with Crippen molar-refractivity contribution >= 4 is 5.97 Å². The van der Waals surface area contributed by atoms with Crippen molar-refractivity contribution in [2.45, 2.75) is 6.92 Å². The molecule has 0 unspecified atom stereocenters. The zero-order valence-corrected chi connectivity index (χ0v) is 7.26. The Labute approximate surface area is 76.0 Å². The van der Waals surface area contributed by atoms with Crippen molar-refractivity contribution in [3.05, 3.63) is 30.3 Å². The van der Waals surface area contributed by atoms with Crippen LogP contribution in [0.5, 0.6) is 5.75 Å². The van der Waals surface area contributed by atoms with E-state index in [2.05, 4.69) is 0 Å². The topological polar surface area (TPSA) is 26.3 Å². The van der Waals surface area contributed by atoms with Gasteiger partial charge >= 0.3 is 23.0 Å². The maximum Gasteiger partial charge on any atom is 2.00 e. The van der Waals surface area contributed by atoms with Crippen LogP contribution < -0.4 is 4.74 Å². The Bertz CT molecular complexity index is 221. The molecular weight excluding hydrogens is 183 g/mol.